The minimum atomic E-state index is -2.47. The summed E-state index contributed by atoms with van der Waals surface area (Å²) >= 11 is 0. The van der Waals surface area contributed by atoms with Crippen LogP contribution in [0, 0.1) is 11.6 Å². The van der Waals surface area contributed by atoms with Crippen LogP contribution in [0.2, 0.25) is 13.1 Å². The van der Waals surface area contributed by atoms with Crippen molar-refractivity contribution in [1.29, 1.82) is 0 Å². The summed E-state index contributed by atoms with van der Waals surface area (Å²) in [5.41, 5.74) is 3.09. The van der Waals surface area contributed by atoms with Crippen molar-refractivity contribution < 1.29 is 18.6 Å². The van der Waals surface area contributed by atoms with Crippen molar-refractivity contribution in [2.75, 3.05) is 5.32 Å². The summed E-state index contributed by atoms with van der Waals surface area (Å²) in [6.07, 6.45) is 1.86. The molecule has 0 radical (unpaired) electrons. The van der Waals surface area contributed by atoms with Crippen molar-refractivity contribution in [3.63, 3.8) is 0 Å². The molecule has 0 saturated heterocycles. The van der Waals surface area contributed by atoms with E-state index in [0.29, 0.717) is 16.8 Å². The monoisotopic (exact) mass is 415 g/mol. The number of hydrogen-bond acceptors (Lipinski definition) is 5. The quantitative estimate of drug-likeness (QED) is 0.337. The first-order valence-electron chi connectivity index (χ1n) is 9.05. The van der Waals surface area contributed by atoms with Gasteiger partial charge in [0.05, 0.1) is 17.1 Å². The molecule has 0 amide bonds. The van der Waals surface area contributed by atoms with Gasteiger partial charge in [-0.2, -0.15) is 5.10 Å². The minimum absolute atomic E-state index is 0.198. The van der Waals surface area contributed by atoms with Crippen LogP contribution in [-0.2, 0) is 4.58 Å². The van der Waals surface area contributed by atoms with Crippen LogP contribution in [-0.4, -0.2) is 23.8 Å². The maximum Gasteiger partial charge on any atom is 0.272 e. The summed E-state index contributed by atoms with van der Waals surface area (Å²) in [5.74, 6) is -1.29. The number of nitrogens with one attached hydrogen (secondary N) is 2. The average molecular weight is 415 g/mol. The molecule has 3 N–H and O–H groups in total. The fourth-order valence-electron chi connectivity index (χ4n) is 3.59. The van der Waals surface area contributed by atoms with E-state index in [4.69, 9.17) is 5.26 Å². The minimum Gasteiger partial charge on any atom is -0.377 e. The summed E-state index contributed by atoms with van der Waals surface area (Å²) in [6.45, 7) is 3.62. The standard InChI is InChI=1S/C20H19F2N3O3Si/c1-29(2,28-27)8-7-14-18(11-3-5-12(21)6-4-11)23-16-10-13(22)9-15-17(16)19(14)24-25-20(15)26/h3-10,14,18,23,27H,1-2H3,(H,25,26)/b8-7+/t14-,18-/m1/s1. The highest BCUT2D eigenvalue weighted by Crippen LogP contribution is 2.44. The predicted octanol–water partition coefficient (Wildman–Crippen LogP) is 4.24. The molecule has 150 valence electrons. The van der Waals surface area contributed by atoms with Gasteiger partial charge in [-0.05, 0) is 42.9 Å². The lowest BCUT2D eigenvalue weighted by atomic mass is 9.84. The highest BCUT2D eigenvalue weighted by molar-refractivity contribution is 6.76. The number of nitrogens with zero attached hydrogens (tertiary/aromatic N) is 1. The fourth-order valence-corrected chi connectivity index (χ4v) is 4.32. The number of H-pyrrole nitrogens is 1. The molecule has 6 nitrogen and oxygen atoms in total. The molecule has 29 heavy (non-hydrogen) atoms. The van der Waals surface area contributed by atoms with Crippen LogP contribution in [0.3, 0.4) is 0 Å². The van der Waals surface area contributed by atoms with Gasteiger partial charge in [-0.3, -0.25) is 14.6 Å². The van der Waals surface area contributed by atoms with E-state index in [1.54, 1.807) is 12.1 Å². The second kappa shape index (κ2) is 7.18. The van der Waals surface area contributed by atoms with Crippen LogP contribution in [0.1, 0.15) is 23.2 Å². The third kappa shape index (κ3) is 3.59. The number of aromatic nitrogens is 2. The molecule has 0 saturated carbocycles. The Balaban J connectivity index is 1.94. The van der Waals surface area contributed by atoms with E-state index in [-0.39, 0.29) is 17.1 Å². The van der Waals surface area contributed by atoms with Crippen molar-refractivity contribution in [3.05, 3.63) is 81.4 Å². The molecular formula is C20H19F2N3O3Si. The lowest BCUT2D eigenvalue weighted by molar-refractivity contribution is -0.148. The predicted molar refractivity (Wildman–Crippen MR) is 108 cm³/mol. The molecule has 0 fully saturated rings. The van der Waals surface area contributed by atoms with E-state index in [2.05, 4.69) is 20.1 Å². The van der Waals surface area contributed by atoms with Crippen LogP contribution < -0.4 is 10.9 Å². The number of anilines is 1. The molecule has 9 heteroatoms. The van der Waals surface area contributed by atoms with E-state index in [1.807, 2.05) is 24.9 Å². The summed E-state index contributed by atoms with van der Waals surface area (Å²) in [7, 11) is -2.47. The van der Waals surface area contributed by atoms with Crippen molar-refractivity contribution in [1.82, 2.24) is 10.2 Å². The van der Waals surface area contributed by atoms with E-state index >= 15 is 0 Å². The van der Waals surface area contributed by atoms with Crippen LogP contribution >= 0.6 is 0 Å². The second-order valence-electron chi connectivity index (χ2n) is 7.57. The van der Waals surface area contributed by atoms with Gasteiger partial charge in [0, 0.05) is 17.0 Å². The molecule has 2 atom stereocenters. The fraction of sp³-hybridized carbons (Fsp3) is 0.200. The maximum absolute atomic E-state index is 14.1. The maximum atomic E-state index is 14.1. The van der Waals surface area contributed by atoms with E-state index in [1.165, 1.54) is 24.3 Å². The van der Waals surface area contributed by atoms with Gasteiger partial charge in [0.1, 0.15) is 11.6 Å². The lowest BCUT2D eigenvalue weighted by Gasteiger charge is -2.33. The lowest BCUT2D eigenvalue weighted by Crippen LogP contribution is -2.29. The number of aromatic amines is 1. The second-order valence-corrected chi connectivity index (χ2v) is 11.3. The highest BCUT2D eigenvalue weighted by Gasteiger charge is 2.33. The zero-order valence-electron chi connectivity index (χ0n) is 15.7. The van der Waals surface area contributed by atoms with E-state index in [9.17, 15) is 13.6 Å². The third-order valence-electron chi connectivity index (χ3n) is 5.04. The molecule has 1 aliphatic heterocycles. The first-order valence-corrected chi connectivity index (χ1v) is 12.0. The van der Waals surface area contributed by atoms with Crippen LogP contribution in [0.4, 0.5) is 14.5 Å². The van der Waals surface area contributed by atoms with E-state index in [0.717, 1.165) is 5.56 Å². The van der Waals surface area contributed by atoms with Gasteiger partial charge in [0.15, 0.2) is 0 Å². The number of halogens is 2. The Morgan fingerprint density at radius 2 is 1.90 bits per heavy atom. The molecule has 2 aromatic carbocycles. The SMILES string of the molecule is C[Si](C)(/C=C/[C@H]1c2n[nH]c(=O)c3cc(F)cc(c23)N[C@@H]1c1ccc(F)cc1)OO. The first-order chi connectivity index (χ1) is 13.8. The number of benzene rings is 2. The van der Waals surface area contributed by atoms with Crippen molar-refractivity contribution in [2.24, 2.45) is 0 Å². The molecule has 3 aromatic rings. The van der Waals surface area contributed by atoms with Gasteiger partial charge in [-0.1, -0.05) is 23.9 Å². The van der Waals surface area contributed by atoms with Crippen molar-refractivity contribution in [3.8, 4) is 0 Å². The smallest absolute Gasteiger partial charge is 0.272 e. The van der Waals surface area contributed by atoms with Crippen LogP contribution in [0.5, 0.6) is 0 Å². The number of hydrogen-bond donors (Lipinski definition) is 3. The topological polar surface area (TPSA) is 87.2 Å². The third-order valence-corrected chi connectivity index (χ3v) is 6.50. The largest absolute Gasteiger partial charge is 0.377 e. The van der Waals surface area contributed by atoms with Gasteiger partial charge < -0.3 is 5.32 Å². The van der Waals surface area contributed by atoms with Gasteiger partial charge in [-0.25, -0.2) is 13.9 Å². The Bertz CT molecular complexity index is 1160. The van der Waals surface area contributed by atoms with Gasteiger partial charge in [-0.15, -0.1) is 0 Å². The summed E-state index contributed by atoms with van der Waals surface area (Å²) in [6, 6.07) is 8.09. The molecule has 0 unspecified atom stereocenters. The molecule has 2 heterocycles. The van der Waals surface area contributed by atoms with E-state index < -0.39 is 25.7 Å². The molecule has 1 aliphatic rings. The molecule has 0 spiro atoms. The summed E-state index contributed by atoms with van der Waals surface area (Å²) in [5, 5.41) is 19.9. The van der Waals surface area contributed by atoms with Gasteiger partial charge >= 0.3 is 0 Å². The van der Waals surface area contributed by atoms with Gasteiger partial charge in [0.2, 0.25) is 0 Å². The molecule has 0 bridgehead atoms. The summed E-state index contributed by atoms with van der Waals surface area (Å²) < 4.78 is 32.2. The Morgan fingerprint density at radius 1 is 1.17 bits per heavy atom. The molecule has 0 aliphatic carbocycles. The Kier molecular flexibility index (Phi) is 4.81. The van der Waals surface area contributed by atoms with Crippen molar-refractivity contribution in [2.45, 2.75) is 25.1 Å². The van der Waals surface area contributed by atoms with Crippen LogP contribution in [0.25, 0.3) is 10.8 Å². The van der Waals surface area contributed by atoms with Crippen LogP contribution in [0.15, 0.2) is 53.0 Å². The number of rotatable bonds is 4. The Hall–Kier alpha value is -2.88. The zero-order chi connectivity index (χ0) is 20.8. The Labute approximate surface area is 165 Å². The zero-order valence-corrected chi connectivity index (χ0v) is 16.7. The Morgan fingerprint density at radius 3 is 2.59 bits per heavy atom. The molecule has 1 aromatic heterocycles. The molecular weight excluding hydrogens is 396 g/mol. The molecule has 4 rings (SSSR count). The normalized spacial score (nSPS) is 18.9. The van der Waals surface area contributed by atoms with Crippen molar-refractivity contribution >= 4 is 24.8 Å². The highest BCUT2D eigenvalue weighted by atomic mass is 28.4. The summed E-state index contributed by atoms with van der Waals surface area (Å²) in [4.78, 5) is 12.2. The first kappa shape index (κ1) is 19.4. The average Bonchev–Trinajstić information content (AvgIpc) is 2.69. The van der Waals surface area contributed by atoms with Gasteiger partial charge in [0.25, 0.3) is 13.9 Å².